The number of rotatable bonds is 2. The average molecular weight is 193 g/mol. The van der Waals surface area contributed by atoms with Crippen LogP contribution in [0.25, 0.3) is 0 Å². The summed E-state index contributed by atoms with van der Waals surface area (Å²) in [6, 6.07) is 4.51. The maximum absolute atomic E-state index is 12.4. The van der Waals surface area contributed by atoms with E-state index in [-0.39, 0.29) is 23.2 Å². The van der Waals surface area contributed by atoms with Gasteiger partial charge in [-0.1, -0.05) is 0 Å². The lowest BCUT2D eigenvalue weighted by Crippen LogP contribution is -1.98. The zero-order valence-corrected chi connectivity index (χ0v) is 7.04. The SMILES string of the molecule is N#CCc1ncc(C#N)cc1C(F)F. The molecule has 1 aromatic rings. The Kier molecular flexibility index (Phi) is 3.09. The normalized spacial score (nSPS) is 9.50. The Morgan fingerprint density at radius 3 is 2.64 bits per heavy atom. The predicted octanol–water partition coefficient (Wildman–Crippen LogP) is 1.96. The molecule has 5 heteroatoms. The average Bonchev–Trinajstić information content (AvgIpc) is 2.18. The van der Waals surface area contributed by atoms with Gasteiger partial charge >= 0.3 is 0 Å². The molecule has 1 rings (SSSR count). The van der Waals surface area contributed by atoms with Crippen molar-refractivity contribution in [1.29, 1.82) is 10.5 Å². The third-order valence-electron chi connectivity index (χ3n) is 1.61. The van der Waals surface area contributed by atoms with Crippen molar-refractivity contribution in [3.8, 4) is 12.1 Å². The molecule has 0 unspecified atom stereocenters. The third kappa shape index (κ3) is 2.02. The second kappa shape index (κ2) is 4.29. The Morgan fingerprint density at radius 2 is 2.14 bits per heavy atom. The van der Waals surface area contributed by atoms with Gasteiger partial charge in [-0.15, -0.1) is 0 Å². The second-order valence-corrected chi connectivity index (χ2v) is 2.51. The third-order valence-corrected chi connectivity index (χ3v) is 1.61. The van der Waals surface area contributed by atoms with Crippen molar-refractivity contribution < 1.29 is 8.78 Å². The van der Waals surface area contributed by atoms with Crippen LogP contribution in [0.1, 0.15) is 23.2 Å². The molecular formula is C9H5F2N3. The van der Waals surface area contributed by atoms with Gasteiger partial charge in [-0.2, -0.15) is 10.5 Å². The summed E-state index contributed by atoms with van der Waals surface area (Å²) in [4.78, 5) is 3.64. The number of alkyl halides is 2. The molecule has 1 aromatic heterocycles. The van der Waals surface area contributed by atoms with Crippen LogP contribution in [0.4, 0.5) is 8.78 Å². The van der Waals surface area contributed by atoms with E-state index in [0.717, 1.165) is 6.07 Å². The lowest BCUT2D eigenvalue weighted by Gasteiger charge is -2.04. The van der Waals surface area contributed by atoms with Gasteiger partial charge in [-0.05, 0) is 6.07 Å². The van der Waals surface area contributed by atoms with Crippen LogP contribution in [-0.2, 0) is 6.42 Å². The number of aromatic nitrogens is 1. The van der Waals surface area contributed by atoms with Gasteiger partial charge in [0, 0.05) is 11.8 Å². The Morgan fingerprint density at radius 1 is 1.43 bits per heavy atom. The van der Waals surface area contributed by atoms with Crippen LogP contribution in [-0.4, -0.2) is 4.98 Å². The summed E-state index contributed by atoms with van der Waals surface area (Å²) in [5.74, 6) is 0. The van der Waals surface area contributed by atoms with Crippen LogP contribution < -0.4 is 0 Å². The molecule has 0 aliphatic carbocycles. The van der Waals surface area contributed by atoms with Crippen molar-refractivity contribution >= 4 is 0 Å². The van der Waals surface area contributed by atoms with E-state index >= 15 is 0 Å². The molecule has 0 atom stereocenters. The zero-order chi connectivity index (χ0) is 10.6. The highest BCUT2D eigenvalue weighted by atomic mass is 19.3. The van der Waals surface area contributed by atoms with E-state index in [4.69, 9.17) is 10.5 Å². The number of nitrogens with zero attached hydrogens (tertiary/aromatic N) is 3. The molecule has 0 aliphatic heterocycles. The highest BCUT2D eigenvalue weighted by Crippen LogP contribution is 2.22. The first kappa shape index (κ1) is 10.1. The van der Waals surface area contributed by atoms with Gasteiger partial charge in [0.25, 0.3) is 6.43 Å². The molecule has 0 bridgehead atoms. The summed E-state index contributed by atoms with van der Waals surface area (Å²) in [5.41, 5.74) is -0.242. The molecule has 0 saturated carbocycles. The van der Waals surface area contributed by atoms with Crippen molar-refractivity contribution in [1.82, 2.24) is 4.98 Å². The number of nitriles is 2. The van der Waals surface area contributed by atoms with E-state index in [0.29, 0.717) is 0 Å². The Bertz CT molecular complexity index is 415. The van der Waals surface area contributed by atoms with Crippen LogP contribution in [0.15, 0.2) is 12.3 Å². The summed E-state index contributed by atoms with van der Waals surface area (Å²) >= 11 is 0. The number of hydrogen-bond donors (Lipinski definition) is 0. The van der Waals surface area contributed by atoms with E-state index < -0.39 is 6.43 Å². The minimum Gasteiger partial charge on any atom is -0.258 e. The highest BCUT2D eigenvalue weighted by Gasteiger charge is 2.14. The Hall–Kier alpha value is -2.01. The molecule has 0 spiro atoms. The van der Waals surface area contributed by atoms with Gasteiger partial charge in [0.1, 0.15) is 6.07 Å². The predicted molar refractivity (Wildman–Crippen MR) is 43.2 cm³/mol. The molecule has 0 N–H and O–H groups in total. The van der Waals surface area contributed by atoms with E-state index in [2.05, 4.69) is 4.98 Å². The van der Waals surface area contributed by atoms with Gasteiger partial charge in [-0.3, -0.25) is 4.98 Å². The van der Waals surface area contributed by atoms with Crippen LogP contribution in [0.2, 0.25) is 0 Å². The quantitative estimate of drug-likeness (QED) is 0.721. The molecule has 0 radical (unpaired) electrons. The summed E-state index contributed by atoms with van der Waals surface area (Å²) in [5, 5.41) is 16.8. The van der Waals surface area contributed by atoms with Crippen LogP contribution in [0.5, 0.6) is 0 Å². The van der Waals surface area contributed by atoms with Gasteiger partial charge in [0.2, 0.25) is 0 Å². The maximum Gasteiger partial charge on any atom is 0.265 e. The van der Waals surface area contributed by atoms with Crippen LogP contribution in [0, 0.1) is 22.7 Å². The minimum absolute atomic E-state index is 0.0292. The summed E-state index contributed by atoms with van der Waals surface area (Å²) in [6.07, 6.45) is -1.71. The standard InChI is InChI=1S/C9H5F2N3/c10-9(11)7-3-6(4-13)5-14-8(7)1-2-12/h3,5,9H,1H2. The highest BCUT2D eigenvalue weighted by molar-refractivity contribution is 5.34. The lowest BCUT2D eigenvalue weighted by molar-refractivity contribution is 0.150. The van der Waals surface area contributed by atoms with E-state index in [1.807, 2.05) is 0 Å². The second-order valence-electron chi connectivity index (χ2n) is 2.51. The van der Waals surface area contributed by atoms with Gasteiger partial charge in [0.05, 0.1) is 23.7 Å². The van der Waals surface area contributed by atoms with Crippen LogP contribution in [0.3, 0.4) is 0 Å². The monoisotopic (exact) mass is 193 g/mol. The van der Waals surface area contributed by atoms with Gasteiger partial charge < -0.3 is 0 Å². The molecular weight excluding hydrogens is 188 g/mol. The van der Waals surface area contributed by atoms with E-state index in [1.165, 1.54) is 6.20 Å². The van der Waals surface area contributed by atoms with Crippen molar-refractivity contribution in [2.45, 2.75) is 12.8 Å². The van der Waals surface area contributed by atoms with Gasteiger partial charge in [-0.25, -0.2) is 8.78 Å². The summed E-state index contributed by atoms with van der Waals surface area (Å²) < 4.78 is 24.8. The van der Waals surface area contributed by atoms with Crippen LogP contribution >= 0.6 is 0 Å². The fourth-order valence-corrected chi connectivity index (χ4v) is 0.983. The molecule has 0 amide bonds. The Labute approximate surface area is 79.2 Å². The molecule has 0 saturated heterocycles. The largest absolute Gasteiger partial charge is 0.265 e. The summed E-state index contributed by atoms with van der Waals surface area (Å²) in [7, 11) is 0. The molecule has 14 heavy (non-hydrogen) atoms. The smallest absolute Gasteiger partial charge is 0.258 e. The Balaban J connectivity index is 3.20. The van der Waals surface area contributed by atoms with Gasteiger partial charge in [0.15, 0.2) is 0 Å². The fraction of sp³-hybridized carbons (Fsp3) is 0.222. The first-order valence-electron chi connectivity index (χ1n) is 3.73. The lowest BCUT2D eigenvalue weighted by atomic mass is 10.1. The van der Waals surface area contributed by atoms with Crippen molar-refractivity contribution in [2.24, 2.45) is 0 Å². The van der Waals surface area contributed by atoms with E-state index in [9.17, 15) is 8.78 Å². The first-order valence-corrected chi connectivity index (χ1v) is 3.73. The number of hydrogen-bond acceptors (Lipinski definition) is 3. The van der Waals surface area contributed by atoms with Crippen molar-refractivity contribution in [3.05, 3.63) is 29.1 Å². The van der Waals surface area contributed by atoms with E-state index in [1.54, 1.807) is 12.1 Å². The first-order chi connectivity index (χ1) is 6.69. The molecule has 0 aromatic carbocycles. The molecule has 3 nitrogen and oxygen atoms in total. The number of halogens is 2. The van der Waals surface area contributed by atoms with Crippen molar-refractivity contribution in [2.75, 3.05) is 0 Å². The topological polar surface area (TPSA) is 60.5 Å². The maximum atomic E-state index is 12.4. The molecule has 70 valence electrons. The molecule has 0 aliphatic rings. The molecule has 0 fully saturated rings. The fourth-order valence-electron chi connectivity index (χ4n) is 0.983. The summed E-state index contributed by atoms with van der Waals surface area (Å²) in [6.45, 7) is 0. The molecule has 1 heterocycles. The number of pyridine rings is 1. The zero-order valence-electron chi connectivity index (χ0n) is 7.04. The van der Waals surface area contributed by atoms with Crippen molar-refractivity contribution in [3.63, 3.8) is 0 Å². The minimum atomic E-state index is -2.71.